The van der Waals surface area contributed by atoms with Crippen LogP contribution in [0.4, 0.5) is 0 Å². The molecule has 0 atom stereocenters. The maximum atomic E-state index is 2.81. The van der Waals surface area contributed by atoms with E-state index in [0.29, 0.717) is 0 Å². The van der Waals surface area contributed by atoms with Gasteiger partial charge in [-0.05, 0) is 114 Å². The first-order valence-corrected chi connectivity index (χ1v) is 28.1. The summed E-state index contributed by atoms with van der Waals surface area (Å²) in [5, 5.41) is 7.72. The van der Waals surface area contributed by atoms with Crippen LogP contribution in [0.25, 0.3) is 155 Å². The molecular weight excluding hydrogens is 966 g/mol. The number of fused-ring (bicyclic) bond motifs is 21. The molecule has 0 amide bonds. The first-order valence-electron chi connectivity index (χ1n) is 28.1. The van der Waals surface area contributed by atoms with Gasteiger partial charge in [0.2, 0.25) is 0 Å². The van der Waals surface area contributed by atoms with E-state index in [1.807, 2.05) is 0 Å². The van der Waals surface area contributed by atoms with Crippen LogP contribution in [0.3, 0.4) is 0 Å². The van der Waals surface area contributed by atoms with Gasteiger partial charge in [0.15, 0.2) is 0 Å². The van der Waals surface area contributed by atoms with Gasteiger partial charge in [-0.3, -0.25) is 0 Å². The van der Waals surface area contributed by atoms with E-state index >= 15 is 0 Å². The molecule has 0 saturated carbocycles. The van der Waals surface area contributed by atoms with Crippen LogP contribution in [0.15, 0.2) is 255 Å². The summed E-state index contributed by atoms with van der Waals surface area (Å²) in [6, 6.07) is 96.5. The minimum absolute atomic E-state index is 0.116. The number of rotatable bonds is 4. The normalized spacial score (nSPS) is 13.2. The number of para-hydroxylation sites is 2. The molecule has 80 heavy (non-hydrogen) atoms. The van der Waals surface area contributed by atoms with E-state index in [1.165, 1.54) is 176 Å². The van der Waals surface area contributed by atoms with Crippen LogP contribution in [-0.2, 0) is 0 Å². The van der Waals surface area contributed by atoms with Gasteiger partial charge < -0.3 is 18.1 Å². The van der Waals surface area contributed by atoms with E-state index in [1.54, 1.807) is 0 Å². The highest BCUT2D eigenvalue weighted by molar-refractivity contribution is 6.92. The van der Waals surface area contributed by atoms with Crippen molar-refractivity contribution in [3.05, 3.63) is 255 Å². The van der Waals surface area contributed by atoms with Crippen molar-refractivity contribution < 1.29 is 0 Å². The Morgan fingerprint density at radius 3 is 1.00 bits per heavy atom. The molecule has 16 aromatic rings. The third-order valence-corrected chi connectivity index (χ3v) is 18.9. The molecule has 6 heteroatoms. The van der Waals surface area contributed by atoms with Gasteiger partial charge in [0.1, 0.15) is 0 Å². The maximum Gasteiger partial charge on any atom is 0.333 e. The van der Waals surface area contributed by atoms with Crippen LogP contribution >= 0.6 is 0 Å². The van der Waals surface area contributed by atoms with Crippen molar-refractivity contribution >= 4 is 112 Å². The quantitative estimate of drug-likeness (QED) is 0.157. The average Bonchev–Trinajstić information content (AvgIpc) is 2.30. The number of hydrogen-bond donors (Lipinski definition) is 0. The molecule has 4 aliphatic heterocycles. The highest BCUT2D eigenvalue weighted by Gasteiger charge is 2.46. The molecule has 20 rings (SSSR count). The lowest BCUT2D eigenvalue weighted by molar-refractivity contribution is 1.18. The number of aromatic nitrogens is 4. The van der Waals surface area contributed by atoms with Crippen molar-refractivity contribution in [3.63, 3.8) is 0 Å². The van der Waals surface area contributed by atoms with Crippen LogP contribution in [0.5, 0.6) is 0 Å². The van der Waals surface area contributed by atoms with Gasteiger partial charge in [-0.1, -0.05) is 218 Å². The third-order valence-electron chi connectivity index (χ3n) is 18.9. The van der Waals surface area contributed by atoms with E-state index < -0.39 is 0 Å². The molecule has 0 saturated heterocycles. The molecule has 0 unspecified atom stereocenters. The Bertz CT molecular complexity index is 5130. The van der Waals surface area contributed by atoms with E-state index in [4.69, 9.17) is 0 Å². The number of hydrogen-bond acceptors (Lipinski definition) is 0. The van der Waals surface area contributed by atoms with Crippen molar-refractivity contribution in [2.24, 2.45) is 0 Å². The SMILES string of the molecule is c1ccc(-c2ccc3c(c2)B2c4c(ccc5c6cc(-c7ccccc7)ccc6n-3c45)-c3cccc4c3n2c2c3cccc5c3n(c42)B2c3cc(-c4ccccc4)ccc3-n3c4ccc(-c6ccccc6)cc4c4ccc-5c2c43)cc1. The first-order chi connectivity index (χ1) is 39.7. The summed E-state index contributed by atoms with van der Waals surface area (Å²) in [4.78, 5) is 0. The zero-order valence-corrected chi connectivity index (χ0v) is 43.2. The fourth-order valence-corrected chi connectivity index (χ4v) is 15.7. The predicted molar refractivity (Wildman–Crippen MR) is 337 cm³/mol. The molecular formula is C74H42B2N4. The van der Waals surface area contributed by atoms with Gasteiger partial charge in [0, 0.05) is 65.9 Å². The second kappa shape index (κ2) is 14.8. The summed E-state index contributed by atoms with van der Waals surface area (Å²) in [7, 11) is 0. The summed E-state index contributed by atoms with van der Waals surface area (Å²) in [6.45, 7) is -0.232. The smallest absolute Gasteiger partial charge is 0.333 e. The van der Waals surface area contributed by atoms with E-state index in [2.05, 4.69) is 273 Å². The van der Waals surface area contributed by atoms with Gasteiger partial charge in [0.05, 0.1) is 33.1 Å². The third kappa shape index (κ3) is 5.07. The summed E-state index contributed by atoms with van der Waals surface area (Å²) in [5.41, 5.74) is 33.2. The summed E-state index contributed by atoms with van der Waals surface area (Å²) in [6.07, 6.45) is 0. The van der Waals surface area contributed by atoms with Crippen LogP contribution in [0, 0.1) is 0 Å². The molecule has 0 spiro atoms. The zero-order chi connectivity index (χ0) is 51.6. The fraction of sp³-hybridized carbons (Fsp3) is 0. The largest absolute Gasteiger partial charge is 0.374 e. The monoisotopic (exact) mass is 1010 g/mol. The molecule has 0 bridgehead atoms. The number of nitrogens with zero attached hydrogens (tertiary/aromatic N) is 4. The molecule has 364 valence electrons. The molecule has 8 heterocycles. The molecule has 4 aliphatic rings. The molecule has 0 aliphatic carbocycles. The molecule has 0 fully saturated rings. The lowest BCUT2D eigenvalue weighted by Crippen LogP contribution is -2.55. The summed E-state index contributed by atoms with van der Waals surface area (Å²) in [5.74, 6) is 0. The standard InChI is InChI=1S/C74H42B2N4/c1-5-15-43(16-6-1)47-27-35-63-59(39-47)55-33-31-51-53-23-13-25-57-69(53)79(75-61-41-49(45-19-9-3-10-20-45)29-37-65(61)77(63)71(55)67(51)75)73-58-26-14-24-54-52-32-34-56-60-40-48(44-17-7-2-8-18-44)28-36-64(60)78-66-38-30-50(46-21-11-4-12-22-46)42-62(66)76(68(52)72(56)78)80(70(54)58)74(57)73/h1-42H. The summed E-state index contributed by atoms with van der Waals surface area (Å²) >= 11 is 0. The Morgan fingerprint density at radius 2 is 0.600 bits per heavy atom. The van der Waals surface area contributed by atoms with E-state index in [-0.39, 0.29) is 13.7 Å². The van der Waals surface area contributed by atoms with Gasteiger partial charge in [-0.2, -0.15) is 0 Å². The van der Waals surface area contributed by atoms with Gasteiger partial charge in [-0.15, -0.1) is 0 Å². The van der Waals surface area contributed by atoms with E-state index in [9.17, 15) is 0 Å². The van der Waals surface area contributed by atoms with Crippen molar-refractivity contribution in [3.8, 4) is 78.1 Å². The molecule has 0 N–H and O–H groups in total. The molecule has 12 aromatic carbocycles. The summed E-state index contributed by atoms with van der Waals surface area (Å²) < 4.78 is 10.8. The van der Waals surface area contributed by atoms with Gasteiger partial charge in [-0.25, -0.2) is 0 Å². The van der Waals surface area contributed by atoms with E-state index in [0.717, 1.165) is 0 Å². The Hall–Kier alpha value is -10.3. The van der Waals surface area contributed by atoms with Crippen molar-refractivity contribution in [1.29, 1.82) is 0 Å². The van der Waals surface area contributed by atoms with Crippen molar-refractivity contribution in [1.82, 2.24) is 18.1 Å². The highest BCUT2D eigenvalue weighted by atomic mass is 15.1. The Balaban J connectivity index is 0.926. The first kappa shape index (κ1) is 41.8. The van der Waals surface area contributed by atoms with Crippen LogP contribution in [-0.4, -0.2) is 31.8 Å². The molecule has 4 nitrogen and oxygen atoms in total. The van der Waals surface area contributed by atoms with Crippen LogP contribution in [0.1, 0.15) is 0 Å². The van der Waals surface area contributed by atoms with Crippen LogP contribution in [0.2, 0.25) is 0 Å². The Labute approximate surface area is 460 Å². The zero-order valence-electron chi connectivity index (χ0n) is 43.2. The fourth-order valence-electron chi connectivity index (χ4n) is 15.7. The molecule has 0 radical (unpaired) electrons. The van der Waals surface area contributed by atoms with Crippen molar-refractivity contribution in [2.45, 2.75) is 0 Å². The Kier molecular flexibility index (Phi) is 7.76. The second-order valence-electron chi connectivity index (χ2n) is 22.6. The van der Waals surface area contributed by atoms with Crippen molar-refractivity contribution in [2.75, 3.05) is 0 Å². The van der Waals surface area contributed by atoms with Crippen LogP contribution < -0.4 is 21.9 Å². The Morgan fingerprint density at radius 1 is 0.225 bits per heavy atom. The topological polar surface area (TPSA) is 19.7 Å². The lowest BCUT2D eigenvalue weighted by Gasteiger charge is -2.34. The molecule has 4 aromatic heterocycles. The average molecular weight is 1010 g/mol. The predicted octanol–water partition coefficient (Wildman–Crippen LogP) is 15.5. The maximum absolute atomic E-state index is 2.81. The minimum Gasteiger partial charge on any atom is -0.374 e. The second-order valence-corrected chi connectivity index (χ2v) is 22.6. The van der Waals surface area contributed by atoms with Gasteiger partial charge >= 0.3 is 13.7 Å². The highest BCUT2D eigenvalue weighted by Crippen LogP contribution is 2.50. The van der Waals surface area contributed by atoms with Gasteiger partial charge in [0.25, 0.3) is 0 Å². The number of benzene rings is 12. The minimum atomic E-state index is -0.116. The lowest BCUT2D eigenvalue weighted by atomic mass is 9.45.